The van der Waals surface area contributed by atoms with Crippen molar-refractivity contribution in [1.29, 1.82) is 0 Å². The minimum absolute atomic E-state index is 0.115. The Morgan fingerprint density at radius 3 is 2.76 bits per heavy atom. The van der Waals surface area contributed by atoms with Crippen LogP contribution < -0.4 is 0 Å². The number of carbonyl (C=O) groups is 2. The van der Waals surface area contributed by atoms with Crippen molar-refractivity contribution in [2.45, 2.75) is 32.7 Å². The molecule has 1 fully saturated rings. The molecule has 1 N–H and O–H groups in total. The van der Waals surface area contributed by atoms with Gasteiger partial charge in [-0.1, -0.05) is 0 Å². The summed E-state index contributed by atoms with van der Waals surface area (Å²) < 4.78 is 7.20. The van der Waals surface area contributed by atoms with Gasteiger partial charge in [-0.25, -0.2) is 4.79 Å². The van der Waals surface area contributed by atoms with Crippen molar-refractivity contribution in [3.05, 3.63) is 29.0 Å². The van der Waals surface area contributed by atoms with Crippen molar-refractivity contribution < 1.29 is 19.4 Å². The summed E-state index contributed by atoms with van der Waals surface area (Å²) in [5, 5.41) is 10.4. The first-order valence-electron chi connectivity index (χ1n) is 7.08. The van der Waals surface area contributed by atoms with E-state index in [0.717, 1.165) is 24.1 Å². The van der Waals surface area contributed by atoms with Gasteiger partial charge < -0.3 is 14.4 Å². The number of hydrogen-bond donors (Lipinski definition) is 1. The second kappa shape index (κ2) is 4.91. The van der Waals surface area contributed by atoms with Crippen molar-refractivity contribution in [1.82, 2.24) is 4.57 Å². The quantitative estimate of drug-likeness (QED) is 0.693. The minimum Gasteiger partial charge on any atom is -0.507 e. The van der Waals surface area contributed by atoms with Gasteiger partial charge in [0.1, 0.15) is 5.75 Å². The lowest BCUT2D eigenvalue weighted by atomic mass is 10.0. The van der Waals surface area contributed by atoms with Crippen LogP contribution >= 0.6 is 0 Å². The highest BCUT2D eigenvalue weighted by molar-refractivity contribution is 6.12. The number of nitrogens with zero attached hydrogens (tertiary/aromatic N) is 1. The van der Waals surface area contributed by atoms with Crippen LogP contribution in [-0.4, -0.2) is 28.5 Å². The molecule has 1 heterocycles. The van der Waals surface area contributed by atoms with E-state index < -0.39 is 5.97 Å². The van der Waals surface area contributed by atoms with Gasteiger partial charge in [0.2, 0.25) is 0 Å². The highest BCUT2D eigenvalue weighted by Gasteiger charge is 2.32. The lowest BCUT2D eigenvalue weighted by molar-refractivity contribution is 0.0527. The number of aromatic nitrogens is 1. The fourth-order valence-electron chi connectivity index (χ4n) is 2.92. The van der Waals surface area contributed by atoms with E-state index in [2.05, 4.69) is 4.57 Å². The Bertz CT molecular complexity index is 741. The lowest BCUT2D eigenvalue weighted by Gasteiger charge is -2.06. The van der Waals surface area contributed by atoms with Crippen LogP contribution in [0.2, 0.25) is 0 Å². The van der Waals surface area contributed by atoms with Gasteiger partial charge in [0.05, 0.1) is 23.3 Å². The lowest BCUT2D eigenvalue weighted by Crippen LogP contribution is -2.07. The fourth-order valence-corrected chi connectivity index (χ4v) is 2.92. The molecular formula is C16H17NO4. The van der Waals surface area contributed by atoms with Crippen molar-refractivity contribution in [3.8, 4) is 5.75 Å². The maximum atomic E-state index is 12.3. The van der Waals surface area contributed by atoms with Crippen LogP contribution in [0.25, 0.3) is 10.9 Å². The molecule has 1 aromatic carbocycles. The van der Waals surface area contributed by atoms with Crippen LogP contribution in [0.5, 0.6) is 5.75 Å². The molecule has 1 aliphatic carbocycles. The molecule has 1 aromatic heterocycles. The molecular weight excluding hydrogens is 270 g/mol. The van der Waals surface area contributed by atoms with E-state index in [1.807, 2.05) is 6.92 Å². The Balaban J connectivity index is 2.38. The summed E-state index contributed by atoms with van der Waals surface area (Å²) in [5.74, 6) is -0.566. The van der Waals surface area contributed by atoms with Gasteiger partial charge in [-0.3, -0.25) is 4.79 Å². The van der Waals surface area contributed by atoms with E-state index in [-0.39, 0.29) is 17.9 Å². The Labute approximate surface area is 122 Å². The summed E-state index contributed by atoms with van der Waals surface area (Å²) in [6.45, 7) is 3.87. The second-order valence-electron chi connectivity index (χ2n) is 5.29. The highest BCUT2D eigenvalue weighted by atomic mass is 16.5. The van der Waals surface area contributed by atoms with E-state index in [0.29, 0.717) is 23.3 Å². The van der Waals surface area contributed by atoms with Crippen LogP contribution in [0.1, 0.15) is 52.2 Å². The number of carbonyl (C=O) groups excluding carboxylic acids is 2. The average Bonchev–Trinajstić information content (AvgIpc) is 3.23. The zero-order valence-corrected chi connectivity index (χ0v) is 12.0. The fraction of sp³-hybridized carbons (Fsp3) is 0.375. The summed E-state index contributed by atoms with van der Waals surface area (Å²) in [5.41, 5.74) is 2.13. The third kappa shape index (κ3) is 2.00. The number of aldehydes is 1. The monoisotopic (exact) mass is 287 g/mol. The number of phenols is 1. The van der Waals surface area contributed by atoms with Crippen molar-refractivity contribution >= 4 is 23.2 Å². The van der Waals surface area contributed by atoms with E-state index in [1.54, 1.807) is 13.0 Å². The number of benzene rings is 1. The van der Waals surface area contributed by atoms with Crippen LogP contribution in [0, 0.1) is 6.92 Å². The molecule has 0 unspecified atom stereocenters. The Hall–Kier alpha value is -2.30. The smallest absolute Gasteiger partial charge is 0.340 e. The molecule has 2 aromatic rings. The Kier molecular flexibility index (Phi) is 3.20. The number of ether oxygens (including phenoxy) is 1. The van der Waals surface area contributed by atoms with Crippen LogP contribution in [-0.2, 0) is 4.74 Å². The summed E-state index contributed by atoms with van der Waals surface area (Å²) in [6, 6.07) is 3.62. The zero-order chi connectivity index (χ0) is 15.1. The maximum absolute atomic E-state index is 12.3. The van der Waals surface area contributed by atoms with Gasteiger partial charge in [-0.05, 0) is 38.8 Å². The highest BCUT2D eigenvalue weighted by Crippen LogP contribution is 2.43. The van der Waals surface area contributed by atoms with E-state index in [9.17, 15) is 14.7 Å². The van der Waals surface area contributed by atoms with Gasteiger partial charge in [0, 0.05) is 17.1 Å². The molecule has 1 saturated carbocycles. The maximum Gasteiger partial charge on any atom is 0.340 e. The largest absolute Gasteiger partial charge is 0.507 e. The number of rotatable bonds is 4. The SMILES string of the molecule is CCOC(=O)c1c(C)n(C2CC2)c2ccc(O)c(C=O)c12. The molecule has 1 aliphatic rings. The molecule has 5 heteroatoms. The third-order valence-electron chi connectivity index (χ3n) is 3.94. The molecule has 0 atom stereocenters. The summed E-state index contributed by atoms with van der Waals surface area (Å²) in [6.07, 6.45) is 2.71. The minimum atomic E-state index is -0.451. The number of phenolic OH excluding ortho intramolecular Hbond substituents is 1. The molecule has 110 valence electrons. The summed E-state index contributed by atoms with van der Waals surface area (Å²) >= 11 is 0. The predicted octanol–water partition coefficient (Wildman–Crippen LogP) is 2.98. The Morgan fingerprint density at radius 2 is 2.19 bits per heavy atom. The van der Waals surface area contributed by atoms with E-state index in [4.69, 9.17) is 4.74 Å². The van der Waals surface area contributed by atoms with Crippen LogP contribution in [0.15, 0.2) is 12.1 Å². The van der Waals surface area contributed by atoms with E-state index >= 15 is 0 Å². The van der Waals surface area contributed by atoms with Crippen LogP contribution in [0.4, 0.5) is 0 Å². The third-order valence-corrected chi connectivity index (χ3v) is 3.94. The second-order valence-corrected chi connectivity index (χ2v) is 5.29. The van der Waals surface area contributed by atoms with Gasteiger partial charge >= 0.3 is 5.97 Å². The van der Waals surface area contributed by atoms with Gasteiger partial charge in [0.25, 0.3) is 0 Å². The molecule has 0 aliphatic heterocycles. The molecule has 0 saturated heterocycles. The number of fused-ring (bicyclic) bond motifs is 1. The average molecular weight is 287 g/mol. The first-order chi connectivity index (χ1) is 10.1. The molecule has 0 radical (unpaired) electrons. The standard InChI is InChI=1S/C16H17NO4/c1-3-21-16(20)14-9(2)17(10-4-5-10)12-6-7-13(19)11(8-18)15(12)14/h6-8,10,19H,3-5H2,1-2H3. The normalized spacial score (nSPS) is 14.4. The molecule has 0 bridgehead atoms. The van der Waals surface area contributed by atoms with Crippen molar-refractivity contribution in [2.75, 3.05) is 6.61 Å². The van der Waals surface area contributed by atoms with Gasteiger partial charge in [-0.2, -0.15) is 0 Å². The topological polar surface area (TPSA) is 68.5 Å². The molecule has 21 heavy (non-hydrogen) atoms. The van der Waals surface area contributed by atoms with Crippen molar-refractivity contribution in [3.63, 3.8) is 0 Å². The van der Waals surface area contributed by atoms with Crippen LogP contribution in [0.3, 0.4) is 0 Å². The zero-order valence-electron chi connectivity index (χ0n) is 12.0. The number of aromatic hydroxyl groups is 1. The molecule has 0 spiro atoms. The van der Waals surface area contributed by atoms with Gasteiger partial charge in [0.15, 0.2) is 6.29 Å². The predicted molar refractivity (Wildman–Crippen MR) is 78.0 cm³/mol. The first-order valence-corrected chi connectivity index (χ1v) is 7.08. The van der Waals surface area contributed by atoms with Gasteiger partial charge in [-0.15, -0.1) is 0 Å². The summed E-state index contributed by atoms with van der Waals surface area (Å²) in [7, 11) is 0. The molecule has 5 nitrogen and oxygen atoms in total. The van der Waals surface area contributed by atoms with Crippen molar-refractivity contribution in [2.24, 2.45) is 0 Å². The number of hydrogen-bond acceptors (Lipinski definition) is 4. The molecule has 0 amide bonds. The molecule has 3 rings (SSSR count). The number of esters is 1. The first kappa shape index (κ1) is 13.7. The van der Waals surface area contributed by atoms with E-state index in [1.165, 1.54) is 6.07 Å². The Morgan fingerprint density at radius 1 is 1.48 bits per heavy atom. The summed E-state index contributed by atoms with van der Waals surface area (Å²) in [4.78, 5) is 23.6.